The molecule has 0 atom stereocenters. The minimum Gasteiger partial charge on any atom is -0.485 e. The van der Waals surface area contributed by atoms with Crippen molar-refractivity contribution in [2.24, 2.45) is 7.05 Å². The summed E-state index contributed by atoms with van der Waals surface area (Å²) in [7, 11) is 1.62. The number of alkyl halides is 3. The Labute approximate surface area is 123 Å². The standard InChI is InChI=1S/C13H10ClF3N2O2/c1-19-11(14)5-18-12(19)7-21-10-3-2-8(6-20)4-9(10)13(15,16)17/h2-6H,7H2,1H3. The van der Waals surface area contributed by atoms with Gasteiger partial charge in [0.15, 0.2) is 0 Å². The minimum absolute atomic E-state index is 0.0743. The topological polar surface area (TPSA) is 44.1 Å². The smallest absolute Gasteiger partial charge is 0.419 e. The average Bonchev–Trinajstić information content (AvgIpc) is 2.75. The molecular weight excluding hydrogens is 309 g/mol. The van der Waals surface area contributed by atoms with E-state index in [4.69, 9.17) is 16.3 Å². The van der Waals surface area contributed by atoms with Gasteiger partial charge in [-0.05, 0) is 18.2 Å². The second-order valence-corrected chi connectivity index (χ2v) is 4.60. The molecule has 0 radical (unpaired) electrons. The maximum absolute atomic E-state index is 12.9. The lowest BCUT2D eigenvalue weighted by molar-refractivity contribution is -0.139. The molecule has 0 saturated carbocycles. The Morgan fingerprint density at radius 1 is 1.43 bits per heavy atom. The molecule has 21 heavy (non-hydrogen) atoms. The average molecular weight is 319 g/mol. The highest BCUT2D eigenvalue weighted by molar-refractivity contribution is 6.29. The lowest BCUT2D eigenvalue weighted by Gasteiger charge is -2.14. The highest BCUT2D eigenvalue weighted by Crippen LogP contribution is 2.37. The van der Waals surface area contributed by atoms with Gasteiger partial charge >= 0.3 is 6.18 Å². The number of hydrogen-bond donors (Lipinski definition) is 0. The van der Waals surface area contributed by atoms with Crippen LogP contribution in [0.3, 0.4) is 0 Å². The van der Waals surface area contributed by atoms with E-state index in [1.54, 1.807) is 7.05 Å². The van der Waals surface area contributed by atoms with Crippen LogP contribution < -0.4 is 4.74 Å². The van der Waals surface area contributed by atoms with Crippen LogP contribution in [0.1, 0.15) is 21.7 Å². The summed E-state index contributed by atoms with van der Waals surface area (Å²) < 4.78 is 45.5. The molecule has 1 aromatic heterocycles. The SMILES string of the molecule is Cn1c(Cl)cnc1COc1ccc(C=O)cc1C(F)(F)F. The highest BCUT2D eigenvalue weighted by atomic mass is 35.5. The van der Waals surface area contributed by atoms with E-state index in [1.807, 2.05) is 0 Å². The van der Waals surface area contributed by atoms with Gasteiger partial charge in [-0.2, -0.15) is 13.2 Å². The molecular formula is C13H10ClF3N2O2. The number of rotatable bonds is 4. The molecule has 2 aromatic rings. The van der Waals surface area contributed by atoms with Crippen LogP contribution in [0, 0.1) is 0 Å². The molecule has 1 aromatic carbocycles. The first kappa shape index (κ1) is 15.4. The summed E-state index contributed by atoms with van der Waals surface area (Å²) in [5.41, 5.74) is -1.08. The third-order valence-corrected chi connectivity index (χ3v) is 3.18. The number of ether oxygens (including phenoxy) is 1. The van der Waals surface area contributed by atoms with Gasteiger partial charge in [-0.15, -0.1) is 0 Å². The van der Waals surface area contributed by atoms with E-state index in [0.29, 0.717) is 17.3 Å². The first-order valence-corrected chi connectivity index (χ1v) is 6.16. The van der Waals surface area contributed by atoms with Crippen molar-refractivity contribution >= 4 is 17.9 Å². The van der Waals surface area contributed by atoms with Crippen molar-refractivity contribution in [3.8, 4) is 5.75 Å². The van der Waals surface area contributed by atoms with Crippen LogP contribution in [0.5, 0.6) is 5.75 Å². The summed E-state index contributed by atoms with van der Waals surface area (Å²) in [6.07, 6.45) is -2.90. The Morgan fingerprint density at radius 3 is 2.67 bits per heavy atom. The first-order chi connectivity index (χ1) is 9.82. The van der Waals surface area contributed by atoms with Crippen molar-refractivity contribution in [3.05, 3.63) is 46.5 Å². The molecule has 0 bridgehead atoms. The molecule has 1 heterocycles. The first-order valence-electron chi connectivity index (χ1n) is 5.78. The summed E-state index contributed by atoms with van der Waals surface area (Å²) in [6.45, 7) is -0.174. The molecule has 112 valence electrons. The normalized spacial score (nSPS) is 11.5. The number of carbonyl (C=O) groups is 1. The number of hydrogen-bond acceptors (Lipinski definition) is 3. The summed E-state index contributed by atoms with van der Waals surface area (Å²) in [6, 6.07) is 3.10. The fourth-order valence-electron chi connectivity index (χ4n) is 1.67. The number of imidazole rings is 1. The van der Waals surface area contributed by atoms with Crippen molar-refractivity contribution in [1.29, 1.82) is 0 Å². The Balaban J connectivity index is 2.27. The predicted octanol–water partition coefficient (Wildman–Crippen LogP) is 3.48. The van der Waals surface area contributed by atoms with E-state index in [2.05, 4.69) is 4.98 Å². The maximum atomic E-state index is 12.9. The Hall–Kier alpha value is -2.02. The number of halogens is 4. The van der Waals surface area contributed by atoms with Gasteiger partial charge < -0.3 is 9.30 Å². The fourth-order valence-corrected chi connectivity index (χ4v) is 1.82. The van der Waals surface area contributed by atoms with Crippen LogP contribution in [-0.4, -0.2) is 15.8 Å². The molecule has 0 aliphatic heterocycles. The molecule has 0 amide bonds. The highest BCUT2D eigenvalue weighted by Gasteiger charge is 2.34. The van der Waals surface area contributed by atoms with Crippen molar-refractivity contribution in [2.45, 2.75) is 12.8 Å². The van der Waals surface area contributed by atoms with E-state index in [9.17, 15) is 18.0 Å². The van der Waals surface area contributed by atoms with E-state index in [-0.39, 0.29) is 17.9 Å². The molecule has 0 N–H and O–H groups in total. The van der Waals surface area contributed by atoms with Crippen molar-refractivity contribution in [2.75, 3.05) is 0 Å². The van der Waals surface area contributed by atoms with Gasteiger partial charge in [-0.1, -0.05) is 11.6 Å². The summed E-state index contributed by atoms with van der Waals surface area (Å²) in [4.78, 5) is 14.5. The van der Waals surface area contributed by atoms with Gasteiger partial charge in [0.2, 0.25) is 0 Å². The minimum atomic E-state index is -4.62. The van der Waals surface area contributed by atoms with Crippen molar-refractivity contribution in [1.82, 2.24) is 9.55 Å². The molecule has 8 heteroatoms. The molecule has 0 aliphatic carbocycles. The van der Waals surface area contributed by atoms with E-state index in [0.717, 1.165) is 12.1 Å². The van der Waals surface area contributed by atoms with E-state index < -0.39 is 11.7 Å². The monoisotopic (exact) mass is 318 g/mol. The molecule has 0 saturated heterocycles. The van der Waals surface area contributed by atoms with Crippen LogP contribution in [0.15, 0.2) is 24.4 Å². The Bertz CT molecular complexity index is 668. The molecule has 0 unspecified atom stereocenters. The zero-order valence-electron chi connectivity index (χ0n) is 10.8. The number of nitrogens with zero attached hydrogens (tertiary/aromatic N) is 2. The van der Waals surface area contributed by atoms with Crippen LogP contribution in [0.2, 0.25) is 5.15 Å². The lowest BCUT2D eigenvalue weighted by atomic mass is 10.1. The quantitative estimate of drug-likeness (QED) is 0.811. The van der Waals surface area contributed by atoms with Gasteiger partial charge in [0.25, 0.3) is 0 Å². The second kappa shape index (κ2) is 5.77. The Kier molecular flexibility index (Phi) is 4.22. The van der Waals surface area contributed by atoms with Crippen molar-refractivity contribution in [3.63, 3.8) is 0 Å². The van der Waals surface area contributed by atoms with Gasteiger partial charge in [-0.3, -0.25) is 4.79 Å². The number of aldehydes is 1. The molecule has 2 rings (SSSR count). The van der Waals surface area contributed by atoms with Crippen LogP contribution in [0.25, 0.3) is 0 Å². The molecule has 0 spiro atoms. The Morgan fingerprint density at radius 2 is 2.14 bits per heavy atom. The largest absolute Gasteiger partial charge is 0.485 e. The number of benzene rings is 1. The van der Waals surface area contributed by atoms with E-state index in [1.165, 1.54) is 16.8 Å². The predicted molar refractivity (Wildman–Crippen MR) is 69.4 cm³/mol. The van der Waals surface area contributed by atoms with Gasteiger partial charge in [0.05, 0.1) is 11.8 Å². The molecule has 0 aliphatic rings. The van der Waals surface area contributed by atoms with E-state index >= 15 is 0 Å². The van der Waals surface area contributed by atoms with Crippen molar-refractivity contribution < 1.29 is 22.7 Å². The maximum Gasteiger partial charge on any atom is 0.419 e. The summed E-state index contributed by atoms with van der Waals surface area (Å²) >= 11 is 5.78. The van der Waals surface area contributed by atoms with Crippen LogP contribution in [-0.2, 0) is 19.8 Å². The summed E-state index contributed by atoms with van der Waals surface area (Å²) in [5, 5.41) is 0.348. The second-order valence-electron chi connectivity index (χ2n) is 4.22. The third kappa shape index (κ3) is 3.36. The van der Waals surface area contributed by atoms with Gasteiger partial charge in [0, 0.05) is 12.6 Å². The summed E-state index contributed by atoms with van der Waals surface area (Å²) in [5.74, 6) is 0.0137. The fraction of sp³-hybridized carbons (Fsp3) is 0.231. The van der Waals surface area contributed by atoms with Crippen LogP contribution in [0.4, 0.5) is 13.2 Å². The lowest BCUT2D eigenvalue weighted by Crippen LogP contribution is -2.11. The number of carbonyl (C=O) groups excluding carboxylic acids is 1. The van der Waals surface area contributed by atoms with Crippen LogP contribution >= 0.6 is 11.6 Å². The zero-order valence-corrected chi connectivity index (χ0v) is 11.6. The third-order valence-electron chi connectivity index (χ3n) is 2.83. The molecule has 0 fully saturated rings. The van der Waals surface area contributed by atoms with Gasteiger partial charge in [0.1, 0.15) is 29.6 Å². The number of aromatic nitrogens is 2. The zero-order chi connectivity index (χ0) is 15.6. The molecule has 4 nitrogen and oxygen atoms in total. The van der Waals surface area contributed by atoms with Gasteiger partial charge in [-0.25, -0.2) is 4.98 Å².